The summed E-state index contributed by atoms with van der Waals surface area (Å²) in [5.41, 5.74) is 5.04. The van der Waals surface area contributed by atoms with Crippen LogP contribution in [0.25, 0.3) is 0 Å². The lowest BCUT2D eigenvalue weighted by atomic mass is 10.2. The van der Waals surface area contributed by atoms with E-state index in [0.29, 0.717) is 6.61 Å². The van der Waals surface area contributed by atoms with Crippen LogP contribution in [-0.4, -0.2) is 35.7 Å². The number of hydrogen-bond acceptors (Lipinski definition) is 8. The van der Waals surface area contributed by atoms with Crippen molar-refractivity contribution >= 4 is 13.4 Å². The van der Waals surface area contributed by atoms with Crippen LogP contribution < -0.4 is 11.4 Å². The Morgan fingerprint density at radius 1 is 1.41 bits per heavy atom. The lowest BCUT2D eigenvalue weighted by molar-refractivity contribution is -0.206. The van der Waals surface area contributed by atoms with E-state index in [2.05, 4.69) is 4.98 Å². The van der Waals surface area contributed by atoms with Crippen LogP contribution in [-0.2, 0) is 23.1 Å². The van der Waals surface area contributed by atoms with Crippen LogP contribution in [0, 0.1) is 0 Å². The minimum atomic E-state index is -3.32. The highest BCUT2D eigenvalue weighted by molar-refractivity contribution is 7.57. The highest BCUT2D eigenvalue weighted by Crippen LogP contribution is 2.49. The summed E-state index contributed by atoms with van der Waals surface area (Å²) in [5, 5.41) is 0. The van der Waals surface area contributed by atoms with Gasteiger partial charge >= 0.3 is 13.3 Å². The fraction of sp³-hybridized carbons (Fsp3) is 0.647. The Bertz CT molecular complexity index is 707. The lowest BCUT2D eigenvalue weighted by Crippen LogP contribution is -2.33. The van der Waals surface area contributed by atoms with Crippen molar-refractivity contribution in [3.8, 4) is 0 Å². The molecule has 1 aromatic rings. The molecule has 0 aromatic carbocycles. The van der Waals surface area contributed by atoms with Crippen LogP contribution in [0.15, 0.2) is 29.0 Å². The van der Waals surface area contributed by atoms with Crippen LogP contribution in [0.2, 0.25) is 0 Å². The molecule has 9 nitrogen and oxygen atoms in total. The maximum atomic E-state index is 12.5. The normalized spacial score (nSPS) is 19.4. The second-order valence-electron chi connectivity index (χ2n) is 5.92. The molecule has 2 N–H and O–H groups in total. The molecule has 0 spiro atoms. The van der Waals surface area contributed by atoms with Crippen molar-refractivity contribution in [2.45, 2.75) is 52.0 Å². The van der Waals surface area contributed by atoms with Gasteiger partial charge in [0.05, 0.1) is 13.2 Å². The van der Waals surface area contributed by atoms with Gasteiger partial charge in [0.25, 0.3) is 0 Å². The third-order valence-electron chi connectivity index (χ3n) is 3.85. The number of anilines is 1. The number of nitrogens with two attached hydrogens (primary N) is 1. The lowest BCUT2D eigenvalue weighted by Gasteiger charge is -2.28. The first-order valence-electron chi connectivity index (χ1n) is 9.15. The predicted octanol–water partition coefficient (Wildman–Crippen LogP) is 3.04. The van der Waals surface area contributed by atoms with Gasteiger partial charge in [0.2, 0.25) is 0 Å². The van der Waals surface area contributed by atoms with E-state index in [9.17, 15) is 9.36 Å². The Morgan fingerprint density at radius 2 is 2.15 bits per heavy atom. The molecule has 2 rings (SSSR count). The summed E-state index contributed by atoms with van der Waals surface area (Å²) in [6, 6.07) is 1.52. The van der Waals surface area contributed by atoms with E-state index in [0.717, 1.165) is 19.3 Å². The Labute approximate surface area is 159 Å². The number of ether oxygens (including phenoxy) is 2. The van der Waals surface area contributed by atoms with Gasteiger partial charge < -0.3 is 24.3 Å². The zero-order valence-electron chi connectivity index (χ0n) is 15.8. The summed E-state index contributed by atoms with van der Waals surface area (Å²) in [6.07, 6.45) is 5.04. The molecule has 0 aliphatic carbocycles. The quantitative estimate of drug-likeness (QED) is 0.595. The zero-order chi connectivity index (χ0) is 19.7. The highest BCUT2D eigenvalue weighted by atomic mass is 31.2. The monoisotopic (exact) mass is 401 g/mol. The van der Waals surface area contributed by atoms with E-state index in [1.807, 2.05) is 0 Å². The maximum absolute atomic E-state index is 12.5. The molecule has 1 fully saturated rings. The molecular formula is C17H28N3O6P. The summed E-state index contributed by atoms with van der Waals surface area (Å²) < 4.78 is 35.9. The SMILES string of the molecule is CCOP(=O)(C=CCC(OC1CCCCO1)n1ccc(N)nc1=O)OCC. The Balaban J connectivity index is 2.17. The third kappa shape index (κ3) is 6.86. The summed E-state index contributed by atoms with van der Waals surface area (Å²) >= 11 is 0. The van der Waals surface area contributed by atoms with Gasteiger partial charge in [-0.15, -0.1) is 0 Å². The number of aromatic nitrogens is 2. The molecule has 27 heavy (non-hydrogen) atoms. The van der Waals surface area contributed by atoms with E-state index in [1.165, 1.54) is 22.6 Å². The van der Waals surface area contributed by atoms with Gasteiger partial charge in [0.15, 0.2) is 6.29 Å². The molecule has 0 saturated carbocycles. The van der Waals surface area contributed by atoms with Crippen LogP contribution in [0.4, 0.5) is 5.82 Å². The van der Waals surface area contributed by atoms with Crippen molar-refractivity contribution in [2.75, 3.05) is 25.6 Å². The van der Waals surface area contributed by atoms with E-state index < -0.39 is 25.8 Å². The van der Waals surface area contributed by atoms with Gasteiger partial charge in [-0.25, -0.2) is 4.79 Å². The topological polar surface area (TPSA) is 115 Å². The van der Waals surface area contributed by atoms with Gasteiger partial charge in [-0.1, -0.05) is 6.08 Å². The van der Waals surface area contributed by atoms with Gasteiger partial charge in [-0.05, 0) is 39.2 Å². The molecule has 1 aliphatic rings. The third-order valence-corrected chi connectivity index (χ3v) is 5.66. The van der Waals surface area contributed by atoms with E-state index in [1.54, 1.807) is 19.9 Å². The molecule has 1 aliphatic heterocycles. The molecule has 0 bridgehead atoms. The standard InChI is InChI=1S/C17H28N3O6P/c1-3-24-27(22,25-4-2)13-7-8-15(26-16-9-5-6-12-23-16)20-11-10-14(18)19-17(20)21/h7,10-11,13,15-16H,3-6,8-9,12H2,1-2H3,(H2,18,19,21). The number of nitrogens with zero attached hydrogens (tertiary/aromatic N) is 2. The van der Waals surface area contributed by atoms with Gasteiger partial charge in [-0.2, -0.15) is 4.98 Å². The molecule has 2 heterocycles. The first kappa shape index (κ1) is 21.8. The maximum Gasteiger partial charge on any atom is 0.353 e. The number of nitrogen functional groups attached to an aromatic ring is 1. The minimum absolute atomic E-state index is 0.136. The van der Waals surface area contributed by atoms with Crippen molar-refractivity contribution in [3.63, 3.8) is 0 Å². The highest BCUT2D eigenvalue weighted by Gasteiger charge is 2.23. The van der Waals surface area contributed by atoms with Crippen LogP contribution in [0.5, 0.6) is 0 Å². The average molecular weight is 401 g/mol. The molecule has 2 atom stereocenters. The van der Waals surface area contributed by atoms with E-state index in [4.69, 9.17) is 24.3 Å². The second-order valence-corrected chi connectivity index (χ2v) is 7.82. The first-order chi connectivity index (χ1) is 13.0. The molecule has 10 heteroatoms. The Kier molecular flexibility index (Phi) is 8.66. The molecule has 0 radical (unpaired) electrons. The van der Waals surface area contributed by atoms with Crippen LogP contribution in [0.1, 0.15) is 45.8 Å². The summed E-state index contributed by atoms with van der Waals surface area (Å²) in [4.78, 5) is 16.0. The number of rotatable bonds is 10. The molecule has 1 aromatic heterocycles. The Morgan fingerprint density at radius 3 is 2.74 bits per heavy atom. The zero-order valence-corrected chi connectivity index (χ0v) is 16.7. The minimum Gasteiger partial charge on any atom is -0.383 e. The Hall–Kier alpha value is -1.51. The van der Waals surface area contributed by atoms with Gasteiger partial charge in [0, 0.05) is 25.0 Å². The summed E-state index contributed by atoms with van der Waals surface area (Å²) in [6.45, 7) is 4.63. The van der Waals surface area contributed by atoms with Gasteiger partial charge in [-0.3, -0.25) is 9.13 Å². The summed E-state index contributed by atoms with van der Waals surface area (Å²) in [5.74, 6) is 1.53. The first-order valence-corrected chi connectivity index (χ1v) is 10.8. The number of hydrogen-bond donors (Lipinski definition) is 1. The van der Waals surface area contributed by atoms with Crippen molar-refractivity contribution in [3.05, 3.63) is 34.6 Å². The second kappa shape index (κ2) is 10.7. The molecule has 1 saturated heterocycles. The smallest absolute Gasteiger partial charge is 0.353 e. The van der Waals surface area contributed by atoms with E-state index in [-0.39, 0.29) is 25.5 Å². The van der Waals surface area contributed by atoms with Crippen LogP contribution >= 0.6 is 7.60 Å². The van der Waals surface area contributed by atoms with Crippen molar-refractivity contribution in [1.82, 2.24) is 9.55 Å². The molecular weight excluding hydrogens is 373 g/mol. The molecule has 0 amide bonds. The van der Waals surface area contributed by atoms with Crippen molar-refractivity contribution in [1.29, 1.82) is 0 Å². The molecule has 152 valence electrons. The van der Waals surface area contributed by atoms with E-state index >= 15 is 0 Å². The van der Waals surface area contributed by atoms with Crippen molar-refractivity contribution < 1.29 is 23.1 Å². The predicted molar refractivity (Wildman–Crippen MR) is 101 cm³/mol. The molecule has 2 unspecified atom stereocenters. The average Bonchev–Trinajstić information content (AvgIpc) is 2.62. The fourth-order valence-corrected chi connectivity index (χ4v) is 4.01. The summed E-state index contributed by atoms with van der Waals surface area (Å²) in [7, 11) is -3.32. The largest absolute Gasteiger partial charge is 0.383 e. The van der Waals surface area contributed by atoms with Crippen molar-refractivity contribution in [2.24, 2.45) is 0 Å². The van der Waals surface area contributed by atoms with Gasteiger partial charge in [0.1, 0.15) is 12.0 Å². The fourth-order valence-electron chi connectivity index (χ4n) is 2.66. The van der Waals surface area contributed by atoms with Crippen LogP contribution in [0.3, 0.4) is 0 Å².